The van der Waals surface area contributed by atoms with E-state index in [2.05, 4.69) is 15.4 Å². The highest BCUT2D eigenvalue weighted by Gasteiger charge is 2.29. The Morgan fingerprint density at radius 2 is 1.82 bits per heavy atom. The number of carbonyl (C=O) groups is 2. The van der Waals surface area contributed by atoms with Crippen molar-refractivity contribution in [2.75, 3.05) is 12.3 Å². The fourth-order valence-electron chi connectivity index (χ4n) is 3.08. The highest BCUT2D eigenvalue weighted by Crippen LogP contribution is 2.28. The number of nitrogen functional groups attached to an aromatic ring is 1. The monoisotopic (exact) mass is 474 g/mol. The molecule has 33 heavy (non-hydrogen) atoms. The molecule has 4 rings (SSSR count). The molecule has 0 radical (unpaired) electrons. The molecule has 2 amide bonds. The van der Waals surface area contributed by atoms with E-state index in [9.17, 15) is 22.8 Å². The van der Waals surface area contributed by atoms with Gasteiger partial charge >= 0.3 is 6.18 Å². The zero-order valence-electron chi connectivity index (χ0n) is 16.9. The smallest absolute Gasteiger partial charge is 0.366 e. The Labute approximate surface area is 189 Å². The number of nitrogens with zero attached hydrogens (tertiary/aromatic N) is 3. The van der Waals surface area contributed by atoms with Gasteiger partial charge in [-0.3, -0.25) is 9.59 Å². The van der Waals surface area contributed by atoms with Gasteiger partial charge in [0.15, 0.2) is 5.65 Å². The molecule has 4 aromatic rings. The summed E-state index contributed by atoms with van der Waals surface area (Å²) in [7, 11) is 0. The Hall–Kier alpha value is -3.93. The van der Waals surface area contributed by atoms with Crippen LogP contribution in [0.5, 0.6) is 0 Å². The van der Waals surface area contributed by atoms with Gasteiger partial charge in [0.05, 0.1) is 10.4 Å². The van der Waals surface area contributed by atoms with Gasteiger partial charge in [-0.2, -0.15) is 18.2 Å². The van der Waals surface area contributed by atoms with E-state index in [0.29, 0.717) is 22.5 Å². The quantitative estimate of drug-likeness (QED) is 0.397. The van der Waals surface area contributed by atoms with Gasteiger partial charge in [0, 0.05) is 18.3 Å². The van der Waals surface area contributed by atoms with Crippen molar-refractivity contribution in [3.63, 3.8) is 0 Å². The third-order valence-corrected chi connectivity index (χ3v) is 5.53. The first-order valence-electron chi connectivity index (χ1n) is 9.61. The van der Waals surface area contributed by atoms with E-state index in [-0.39, 0.29) is 23.1 Å². The van der Waals surface area contributed by atoms with E-state index < -0.39 is 18.6 Å². The molecule has 0 saturated carbocycles. The second kappa shape index (κ2) is 8.90. The molecule has 12 heteroatoms. The topological polar surface area (TPSA) is 114 Å². The van der Waals surface area contributed by atoms with Crippen LogP contribution in [0.2, 0.25) is 0 Å². The Bertz CT molecular complexity index is 1320. The van der Waals surface area contributed by atoms with Crippen molar-refractivity contribution in [1.82, 2.24) is 25.2 Å². The van der Waals surface area contributed by atoms with Crippen molar-refractivity contribution < 1.29 is 22.8 Å². The third-order valence-electron chi connectivity index (χ3n) is 4.60. The number of halogens is 3. The predicted octanol–water partition coefficient (Wildman–Crippen LogP) is 3.26. The Morgan fingerprint density at radius 1 is 1.06 bits per heavy atom. The van der Waals surface area contributed by atoms with Crippen LogP contribution in [0, 0.1) is 0 Å². The van der Waals surface area contributed by atoms with Gasteiger partial charge in [-0.1, -0.05) is 30.3 Å². The first-order chi connectivity index (χ1) is 15.7. The van der Waals surface area contributed by atoms with Gasteiger partial charge in [-0.15, -0.1) is 16.4 Å². The molecule has 0 aliphatic heterocycles. The SMILES string of the molecule is Nc1nc2c(C(=O)NCC(F)(F)F)cc(-c3csc(C(=O)NCc4ccccc4)c3)cn2n1. The number of rotatable bonds is 6. The number of aromatic nitrogens is 3. The van der Waals surface area contributed by atoms with Crippen LogP contribution in [0.3, 0.4) is 0 Å². The first kappa shape index (κ1) is 22.3. The Balaban J connectivity index is 1.59. The summed E-state index contributed by atoms with van der Waals surface area (Å²) in [4.78, 5) is 29.3. The van der Waals surface area contributed by atoms with E-state index in [4.69, 9.17) is 5.73 Å². The van der Waals surface area contributed by atoms with E-state index in [0.717, 1.165) is 5.56 Å². The minimum Gasteiger partial charge on any atom is -0.366 e. The van der Waals surface area contributed by atoms with Crippen LogP contribution >= 0.6 is 11.3 Å². The molecule has 0 saturated heterocycles. The van der Waals surface area contributed by atoms with Crippen LogP contribution in [-0.4, -0.2) is 39.1 Å². The van der Waals surface area contributed by atoms with Crippen LogP contribution in [0.15, 0.2) is 54.0 Å². The molecule has 8 nitrogen and oxygen atoms in total. The van der Waals surface area contributed by atoms with E-state index in [1.807, 2.05) is 35.6 Å². The summed E-state index contributed by atoms with van der Waals surface area (Å²) in [5.74, 6) is -1.38. The predicted molar refractivity (Wildman–Crippen MR) is 117 cm³/mol. The lowest BCUT2D eigenvalue weighted by molar-refractivity contribution is -0.123. The van der Waals surface area contributed by atoms with Crippen LogP contribution < -0.4 is 16.4 Å². The van der Waals surface area contributed by atoms with E-state index >= 15 is 0 Å². The highest BCUT2D eigenvalue weighted by atomic mass is 32.1. The molecule has 0 aliphatic carbocycles. The molecule has 170 valence electrons. The second-order valence-corrected chi connectivity index (χ2v) is 7.96. The fraction of sp³-hybridized carbons (Fsp3) is 0.143. The molecule has 3 aromatic heterocycles. The molecule has 0 fully saturated rings. The Kier molecular flexibility index (Phi) is 6.01. The van der Waals surface area contributed by atoms with Gasteiger partial charge in [-0.25, -0.2) is 4.52 Å². The number of pyridine rings is 1. The number of nitrogens with two attached hydrogens (primary N) is 1. The molecule has 0 unspecified atom stereocenters. The van der Waals surface area contributed by atoms with Gasteiger partial charge in [0.1, 0.15) is 6.54 Å². The maximum Gasteiger partial charge on any atom is 0.405 e. The zero-order chi connectivity index (χ0) is 23.6. The third kappa shape index (κ3) is 5.29. The minimum absolute atomic E-state index is 0.0204. The number of hydrogen-bond donors (Lipinski definition) is 3. The number of alkyl halides is 3. The average molecular weight is 474 g/mol. The lowest BCUT2D eigenvalue weighted by atomic mass is 10.1. The largest absolute Gasteiger partial charge is 0.405 e. The first-order valence-corrected chi connectivity index (χ1v) is 10.5. The molecule has 0 atom stereocenters. The number of hydrogen-bond acceptors (Lipinski definition) is 6. The Morgan fingerprint density at radius 3 is 2.55 bits per heavy atom. The number of thiophene rings is 1. The summed E-state index contributed by atoms with van der Waals surface area (Å²) in [5, 5.41) is 10.3. The van der Waals surface area contributed by atoms with Crippen LogP contribution in [0.1, 0.15) is 25.6 Å². The normalized spacial score (nSPS) is 11.5. The average Bonchev–Trinajstić information content (AvgIpc) is 3.41. The highest BCUT2D eigenvalue weighted by molar-refractivity contribution is 7.12. The minimum atomic E-state index is -4.56. The molecule has 1 aromatic carbocycles. The summed E-state index contributed by atoms with van der Waals surface area (Å²) in [5.41, 5.74) is 7.51. The maximum absolute atomic E-state index is 12.5. The standard InChI is InChI=1S/C21H17F3N6O2S/c22-21(23,24)11-27-18(31)15-6-13(9-30-17(15)28-20(25)29-30)14-7-16(33-10-14)19(32)26-8-12-4-2-1-3-5-12/h1-7,9-10H,8,11H2,(H2,25,29)(H,26,32)(H,27,31). The van der Waals surface area contributed by atoms with Gasteiger partial charge in [0.2, 0.25) is 5.95 Å². The number of benzene rings is 1. The van der Waals surface area contributed by atoms with Gasteiger partial charge in [0.25, 0.3) is 11.8 Å². The fourth-order valence-corrected chi connectivity index (χ4v) is 3.91. The summed E-state index contributed by atoms with van der Waals surface area (Å²) in [6, 6.07) is 12.4. The number of nitrogens with one attached hydrogen (secondary N) is 2. The van der Waals surface area contributed by atoms with Gasteiger partial charge < -0.3 is 16.4 Å². The van der Waals surface area contributed by atoms with Crippen molar-refractivity contribution in [3.05, 3.63) is 70.0 Å². The summed E-state index contributed by atoms with van der Waals surface area (Å²) < 4.78 is 38.8. The molecular weight excluding hydrogens is 457 g/mol. The van der Waals surface area contributed by atoms with Crippen LogP contribution in [0.4, 0.5) is 19.1 Å². The summed E-state index contributed by atoms with van der Waals surface area (Å²) in [6.07, 6.45) is -3.03. The van der Waals surface area contributed by atoms with Crippen molar-refractivity contribution in [2.45, 2.75) is 12.7 Å². The van der Waals surface area contributed by atoms with Crippen LogP contribution in [-0.2, 0) is 6.54 Å². The maximum atomic E-state index is 12.5. The second-order valence-electron chi connectivity index (χ2n) is 7.05. The van der Waals surface area contributed by atoms with E-state index in [1.165, 1.54) is 28.1 Å². The zero-order valence-corrected chi connectivity index (χ0v) is 17.7. The number of anilines is 1. The summed E-state index contributed by atoms with van der Waals surface area (Å²) in [6.45, 7) is -1.13. The number of fused-ring (bicyclic) bond motifs is 1. The lowest BCUT2D eigenvalue weighted by Crippen LogP contribution is -2.34. The van der Waals surface area contributed by atoms with Crippen molar-refractivity contribution in [3.8, 4) is 11.1 Å². The number of amides is 2. The molecule has 0 bridgehead atoms. The van der Waals surface area contributed by atoms with Gasteiger partial charge in [-0.05, 0) is 28.6 Å². The molecule has 4 N–H and O–H groups in total. The molecular formula is C21H17F3N6O2S. The molecule has 3 heterocycles. The van der Waals surface area contributed by atoms with E-state index in [1.54, 1.807) is 11.4 Å². The summed E-state index contributed by atoms with van der Waals surface area (Å²) >= 11 is 1.19. The van der Waals surface area contributed by atoms with Crippen molar-refractivity contribution >= 4 is 34.7 Å². The van der Waals surface area contributed by atoms with Crippen LogP contribution in [0.25, 0.3) is 16.8 Å². The molecule has 0 aliphatic rings. The number of carbonyl (C=O) groups excluding carboxylic acids is 2. The van der Waals surface area contributed by atoms with Crippen molar-refractivity contribution in [2.24, 2.45) is 0 Å². The lowest BCUT2D eigenvalue weighted by Gasteiger charge is -2.10. The van der Waals surface area contributed by atoms with Crippen molar-refractivity contribution in [1.29, 1.82) is 0 Å². The molecule has 0 spiro atoms.